The summed E-state index contributed by atoms with van der Waals surface area (Å²) in [5.74, 6) is 1.47. The van der Waals surface area contributed by atoms with Gasteiger partial charge in [0.25, 0.3) is 5.91 Å². The number of H-pyrrole nitrogens is 1. The number of nitrogens with zero attached hydrogens (tertiary/aromatic N) is 4. The first-order valence-electron chi connectivity index (χ1n) is 9.99. The number of aromatic amines is 1. The number of methoxy groups -OCH3 is 1. The van der Waals surface area contributed by atoms with Crippen LogP contribution in [0.4, 0.5) is 0 Å². The molecule has 3 heterocycles. The third-order valence-electron chi connectivity index (χ3n) is 5.50. The van der Waals surface area contributed by atoms with Crippen LogP contribution in [0.5, 0.6) is 5.75 Å². The molecule has 0 bridgehead atoms. The van der Waals surface area contributed by atoms with Crippen LogP contribution in [0.2, 0.25) is 0 Å². The molecule has 156 valence electrons. The Hall–Kier alpha value is -3.94. The van der Waals surface area contributed by atoms with Crippen LogP contribution in [0.15, 0.2) is 59.4 Å². The summed E-state index contributed by atoms with van der Waals surface area (Å²) in [6, 6.07) is 14.6. The van der Waals surface area contributed by atoms with Gasteiger partial charge in [-0.05, 0) is 37.3 Å². The largest absolute Gasteiger partial charge is 0.497 e. The summed E-state index contributed by atoms with van der Waals surface area (Å²) in [7, 11) is 1.60. The van der Waals surface area contributed by atoms with Crippen molar-refractivity contribution in [2.24, 2.45) is 0 Å². The van der Waals surface area contributed by atoms with Gasteiger partial charge in [-0.1, -0.05) is 28.9 Å². The molecule has 2 aromatic carbocycles. The van der Waals surface area contributed by atoms with Gasteiger partial charge in [0.2, 0.25) is 11.7 Å². The molecule has 1 aliphatic heterocycles. The van der Waals surface area contributed by atoms with Crippen molar-refractivity contribution in [1.82, 2.24) is 25.0 Å². The average molecular weight is 415 g/mol. The second kappa shape index (κ2) is 7.71. The van der Waals surface area contributed by atoms with Gasteiger partial charge < -0.3 is 19.1 Å². The fraction of sp³-hybridized carbons (Fsp3) is 0.217. The molecule has 2 aromatic heterocycles. The first-order chi connectivity index (χ1) is 15.1. The number of ether oxygens (including phenoxy) is 1. The van der Waals surface area contributed by atoms with Gasteiger partial charge in [-0.25, -0.2) is 4.98 Å². The topological polar surface area (TPSA) is 97.1 Å². The number of carbonyl (C=O) groups excluding carboxylic acids is 1. The van der Waals surface area contributed by atoms with Crippen LogP contribution in [-0.4, -0.2) is 38.0 Å². The monoisotopic (exact) mass is 415 g/mol. The summed E-state index contributed by atoms with van der Waals surface area (Å²) >= 11 is 0. The lowest BCUT2D eigenvalue weighted by Crippen LogP contribution is -2.39. The highest BCUT2D eigenvalue weighted by atomic mass is 16.5. The van der Waals surface area contributed by atoms with Crippen molar-refractivity contribution >= 4 is 5.91 Å². The van der Waals surface area contributed by atoms with Crippen LogP contribution in [0, 0.1) is 6.92 Å². The summed E-state index contributed by atoms with van der Waals surface area (Å²) in [6.07, 6.45) is 2.14. The molecular weight excluding hydrogens is 394 g/mol. The van der Waals surface area contributed by atoms with E-state index in [-0.39, 0.29) is 5.91 Å². The molecule has 4 aromatic rings. The van der Waals surface area contributed by atoms with E-state index in [2.05, 4.69) is 20.1 Å². The maximum absolute atomic E-state index is 13.4. The van der Waals surface area contributed by atoms with Crippen LogP contribution >= 0.6 is 0 Å². The second-order valence-electron chi connectivity index (χ2n) is 7.53. The van der Waals surface area contributed by atoms with Crippen molar-refractivity contribution in [3.63, 3.8) is 0 Å². The summed E-state index contributed by atoms with van der Waals surface area (Å²) in [6.45, 7) is 2.40. The highest BCUT2D eigenvalue weighted by Gasteiger charge is 2.36. The van der Waals surface area contributed by atoms with Crippen molar-refractivity contribution in [1.29, 1.82) is 0 Å². The summed E-state index contributed by atoms with van der Waals surface area (Å²) in [5, 5.41) is 4.17. The number of nitrogens with one attached hydrogen (secondary N) is 1. The van der Waals surface area contributed by atoms with E-state index in [1.165, 1.54) is 0 Å². The van der Waals surface area contributed by atoms with Crippen molar-refractivity contribution < 1.29 is 14.1 Å². The lowest BCUT2D eigenvalue weighted by Gasteiger charge is -2.32. The maximum atomic E-state index is 13.4. The van der Waals surface area contributed by atoms with Crippen LogP contribution in [0.1, 0.15) is 39.2 Å². The van der Waals surface area contributed by atoms with Gasteiger partial charge >= 0.3 is 0 Å². The van der Waals surface area contributed by atoms with Crippen LogP contribution in [0.25, 0.3) is 11.4 Å². The van der Waals surface area contributed by atoms with Gasteiger partial charge in [0.15, 0.2) is 0 Å². The molecule has 0 fully saturated rings. The van der Waals surface area contributed by atoms with E-state index in [9.17, 15) is 4.79 Å². The number of aryl methyl sites for hydroxylation is 1. The number of aromatic nitrogens is 4. The highest BCUT2D eigenvalue weighted by Crippen LogP contribution is 2.33. The molecule has 1 atom stereocenters. The van der Waals surface area contributed by atoms with Gasteiger partial charge in [0.1, 0.15) is 11.8 Å². The third-order valence-corrected chi connectivity index (χ3v) is 5.50. The fourth-order valence-corrected chi connectivity index (χ4v) is 3.84. The molecule has 0 radical (unpaired) electrons. The van der Waals surface area contributed by atoms with Crippen LogP contribution in [-0.2, 0) is 13.0 Å². The number of hydrogen-bond donors (Lipinski definition) is 1. The first kappa shape index (κ1) is 19.0. The molecule has 8 heteroatoms. The Kier molecular flexibility index (Phi) is 4.74. The lowest BCUT2D eigenvalue weighted by atomic mass is 10.0. The van der Waals surface area contributed by atoms with E-state index < -0.39 is 6.04 Å². The Balaban J connectivity index is 1.50. The molecule has 0 unspecified atom stereocenters. The number of hydrogen-bond acceptors (Lipinski definition) is 6. The quantitative estimate of drug-likeness (QED) is 0.546. The van der Waals surface area contributed by atoms with E-state index >= 15 is 0 Å². The molecule has 0 spiro atoms. The molecule has 1 amide bonds. The molecular formula is C23H21N5O3. The third kappa shape index (κ3) is 3.56. The van der Waals surface area contributed by atoms with Crippen molar-refractivity contribution in [2.45, 2.75) is 25.9 Å². The second-order valence-corrected chi connectivity index (χ2v) is 7.53. The minimum Gasteiger partial charge on any atom is -0.497 e. The minimum absolute atomic E-state index is 0.122. The van der Waals surface area contributed by atoms with Crippen LogP contribution in [0.3, 0.4) is 0 Å². The predicted molar refractivity (Wildman–Crippen MR) is 112 cm³/mol. The molecule has 0 saturated carbocycles. The molecule has 31 heavy (non-hydrogen) atoms. The Labute approximate surface area is 178 Å². The Morgan fingerprint density at radius 3 is 2.84 bits per heavy atom. The van der Waals surface area contributed by atoms with Gasteiger partial charge in [-0.15, -0.1) is 0 Å². The zero-order valence-corrected chi connectivity index (χ0v) is 17.2. The number of amides is 1. The zero-order chi connectivity index (χ0) is 21.4. The number of rotatable bonds is 4. The zero-order valence-electron chi connectivity index (χ0n) is 17.2. The van der Waals surface area contributed by atoms with Gasteiger partial charge in [0.05, 0.1) is 31.4 Å². The average Bonchev–Trinajstić information content (AvgIpc) is 3.47. The van der Waals surface area contributed by atoms with Crippen molar-refractivity contribution in [2.75, 3.05) is 7.11 Å². The standard InChI is InChI=1S/C23H21N5O3/c1-14-4-3-5-16(10-14)21-26-22(31-27-21)20-11-18-19(25-13-24-18)12-28(20)23(29)15-6-8-17(30-2)9-7-15/h3-10,13,20H,11-12H2,1-2H3,(H,24,25)/t20-/m0/s1. The lowest BCUT2D eigenvalue weighted by molar-refractivity contribution is 0.0589. The van der Waals surface area contributed by atoms with Crippen LogP contribution < -0.4 is 4.74 Å². The smallest absolute Gasteiger partial charge is 0.254 e. The number of imidazole rings is 1. The van der Waals surface area contributed by atoms with E-state index in [0.29, 0.717) is 36.0 Å². The Morgan fingerprint density at radius 1 is 1.23 bits per heavy atom. The minimum atomic E-state index is -0.406. The van der Waals surface area contributed by atoms with Crippen molar-refractivity contribution in [3.05, 3.63) is 83.3 Å². The van der Waals surface area contributed by atoms with E-state index in [4.69, 9.17) is 9.26 Å². The Bertz CT molecular complexity index is 1230. The fourth-order valence-electron chi connectivity index (χ4n) is 3.84. The molecule has 5 rings (SSSR count). The van der Waals surface area contributed by atoms with Gasteiger partial charge in [-0.3, -0.25) is 4.79 Å². The molecule has 1 aliphatic rings. The Morgan fingerprint density at radius 2 is 2.06 bits per heavy atom. The van der Waals surface area contributed by atoms with E-state index in [1.54, 1.807) is 42.6 Å². The maximum Gasteiger partial charge on any atom is 0.254 e. The number of carbonyl (C=O) groups is 1. The number of fused-ring (bicyclic) bond motifs is 1. The van der Waals surface area contributed by atoms with Gasteiger partial charge in [0, 0.05) is 17.5 Å². The highest BCUT2D eigenvalue weighted by molar-refractivity contribution is 5.94. The van der Waals surface area contributed by atoms with Crippen molar-refractivity contribution in [3.8, 4) is 17.1 Å². The SMILES string of the molecule is COc1ccc(C(=O)N2Cc3[nH]cnc3C[C@H]2c2nc(-c3cccc(C)c3)no2)cc1. The first-order valence-corrected chi connectivity index (χ1v) is 9.99. The molecule has 0 saturated heterocycles. The van der Waals surface area contributed by atoms with E-state index in [1.807, 2.05) is 31.2 Å². The molecule has 1 N–H and O–H groups in total. The predicted octanol–water partition coefficient (Wildman–Crippen LogP) is 3.72. The molecule has 8 nitrogen and oxygen atoms in total. The number of benzene rings is 2. The molecule has 0 aliphatic carbocycles. The summed E-state index contributed by atoms with van der Waals surface area (Å²) in [4.78, 5) is 27.3. The normalized spacial score (nSPS) is 15.5. The van der Waals surface area contributed by atoms with Gasteiger partial charge in [-0.2, -0.15) is 4.98 Å². The summed E-state index contributed by atoms with van der Waals surface area (Å²) in [5.41, 5.74) is 4.36. The summed E-state index contributed by atoms with van der Waals surface area (Å²) < 4.78 is 10.8. The van der Waals surface area contributed by atoms with E-state index in [0.717, 1.165) is 22.5 Å².